The van der Waals surface area contributed by atoms with E-state index in [0.717, 1.165) is 26.4 Å². The second kappa shape index (κ2) is 6.52. The summed E-state index contributed by atoms with van der Waals surface area (Å²) in [4.78, 5) is 13.4. The molecule has 4 nitrogen and oxygen atoms in total. The molecule has 3 rings (SSSR count). The Bertz CT molecular complexity index is 1290. The number of Topliss-reactive ketones (excluding diaryl/α,β-unsaturated/α-hetero) is 1. The first-order valence-electron chi connectivity index (χ1n) is 16.0. The van der Waals surface area contributed by atoms with Crippen LogP contribution in [0.1, 0.15) is 69.6 Å². The molecule has 0 amide bonds. The van der Waals surface area contributed by atoms with Crippen LogP contribution in [0.15, 0.2) is 12.1 Å². The van der Waals surface area contributed by atoms with Crippen molar-refractivity contribution >= 4 is 5.78 Å². The molecule has 0 aromatic heterocycles. The van der Waals surface area contributed by atoms with Gasteiger partial charge in [-0.1, -0.05) is 13.7 Å². The SMILES string of the molecule is [2H]C([2H])([2H])C([2H])(C([2H])([2H])[2H])C([2H])([2H])C1([2H])C(=O)C([2H])([2H])C2([2H])c3cc(OC)c(OC)cc3C([2H])([2H])C([2H])([2H])N2C1([2H])[2H]. The van der Waals surface area contributed by atoms with Gasteiger partial charge in [-0.2, -0.15) is 0 Å². The molecule has 1 aromatic rings. The van der Waals surface area contributed by atoms with Gasteiger partial charge < -0.3 is 9.47 Å². The van der Waals surface area contributed by atoms with Crippen LogP contribution in [0.4, 0.5) is 0 Å². The molecule has 2 aliphatic rings. The van der Waals surface area contributed by atoms with E-state index in [9.17, 15) is 6.17 Å². The van der Waals surface area contributed by atoms with E-state index in [2.05, 4.69) is 0 Å². The molecule has 1 saturated heterocycles. The van der Waals surface area contributed by atoms with Crippen LogP contribution >= 0.6 is 0 Å². The van der Waals surface area contributed by atoms with Crippen molar-refractivity contribution in [1.82, 2.24) is 4.90 Å². The summed E-state index contributed by atoms with van der Waals surface area (Å²) in [7, 11) is 2.22. The topological polar surface area (TPSA) is 38.8 Å². The second-order valence-electron chi connectivity index (χ2n) is 4.61. The zero-order valence-electron chi connectivity index (χ0n) is 31.3. The Kier molecular flexibility index (Phi) is 1.41. The molecular formula is C19H27NO3. The average Bonchev–Trinajstić information content (AvgIpc) is 2.82. The summed E-state index contributed by atoms with van der Waals surface area (Å²) in [6, 6.07) is -2.02. The maximum Gasteiger partial charge on any atom is 0.161 e. The molecule has 2 unspecified atom stereocenters. The van der Waals surface area contributed by atoms with Crippen LogP contribution in [0, 0.1) is 11.8 Å². The zero-order valence-corrected chi connectivity index (χ0v) is 12.3. The number of hydrogen-bond donors (Lipinski definition) is 0. The lowest BCUT2D eigenvalue weighted by Gasteiger charge is -2.43. The quantitative estimate of drug-likeness (QED) is 0.846. The number of ketones is 1. The van der Waals surface area contributed by atoms with Gasteiger partial charge in [-0.05, 0) is 41.9 Å². The van der Waals surface area contributed by atoms with E-state index in [1.807, 2.05) is 0 Å². The third kappa shape index (κ3) is 3.09. The molecular weight excluding hydrogens is 290 g/mol. The Morgan fingerprint density at radius 2 is 2.22 bits per heavy atom. The normalized spacial score (nSPS) is 53.8. The number of benzene rings is 1. The van der Waals surface area contributed by atoms with Crippen LogP contribution in [-0.4, -0.2) is 37.9 Å². The van der Waals surface area contributed by atoms with Crippen molar-refractivity contribution < 1.29 is 40.3 Å². The van der Waals surface area contributed by atoms with E-state index in [0.29, 0.717) is 0 Å². The maximum atomic E-state index is 13.9. The van der Waals surface area contributed by atoms with Crippen LogP contribution in [0.3, 0.4) is 0 Å². The Morgan fingerprint density at radius 3 is 2.91 bits per heavy atom. The number of aryl methyl sites for hydroxylation is 1. The molecule has 0 aliphatic carbocycles. The van der Waals surface area contributed by atoms with Gasteiger partial charge in [0.25, 0.3) is 0 Å². The molecule has 4 heteroatoms. The van der Waals surface area contributed by atoms with Crippen LogP contribution < -0.4 is 9.47 Å². The number of rotatable bonds is 4. The van der Waals surface area contributed by atoms with Crippen molar-refractivity contribution in [3.63, 3.8) is 0 Å². The summed E-state index contributed by atoms with van der Waals surface area (Å²) >= 11 is 0. The van der Waals surface area contributed by atoms with E-state index in [-0.39, 0.29) is 11.5 Å². The van der Waals surface area contributed by atoms with Crippen LogP contribution in [-0.2, 0) is 11.2 Å². The molecule has 2 heterocycles. The minimum absolute atomic E-state index is 0.223. The molecule has 2 atom stereocenters. The van der Waals surface area contributed by atoms with Gasteiger partial charge in [0.05, 0.1) is 15.6 Å². The standard InChI is InChI=1S/C19H27NO3/c1-12(2)7-14-11-20-6-5-13-8-18(22-3)19(23-4)9-15(13)16(20)10-17(14)21/h8-9,12,14,16H,5-7,10-11H2,1-4H3/i1D3,2D3,5D2,6D2,7D2,10D2,11D2,12D,14D,16D. The van der Waals surface area contributed by atoms with Crippen molar-refractivity contribution in [2.75, 3.05) is 27.2 Å². The smallest absolute Gasteiger partial charge is 0.161 e. The number of ether oxygens (including phenoxy) is 2. The largest absolute Gasteiger partial charge is 0.493 e. The number of piperidine rings is 1. The summed E-state index contributed by atoms with van der Waals surface area (Å²) in [6.45, 7) is -16.7. The minimum Gasteiger partial charge on any atom is -0.493 e. The summed E-state index contributed by atoms with van der Waals surface area (Å²) in [5, 5.41) is 0. The molecule has 23 heavy (non-hydrogen) atoms. The Morgan fingerprint density at radius 1 is 1.48 bits per heavy atom. The molecule has 0 bridgehead atoms. The zero-order chi connectivity index (χ0) is 33.3. The van der Waals surface area contributed by atoms with Crippen LogP contribution in [0.5, 0.6) is 11.5 Å². The summed E-state index contributed by atoms with van der Waals surface area (Å²) < 4.78 is 169. The fourth-order valence-electron chi connectivity index (χ4n) is 2.22. The fourth-order valence-corrected chi connectivity index (χ4v) is 2.22. The first-order valence-corrected chi connectivity index (χ1v) is 6.50. The van der Waals surface area contributed by atoms with Gasteiger partial charge in [-0.25, -0.2) is 0 Å². The van der Waals surface area contributed by atoms with E-state index in [4.69, 9.17) is 34.1 Å². The van der Waals surface area contributed by atoms with Gasteiger partial charge in [0.1, 0.15) is 5.78 Å². The van der Waals surface area contributed by atoms with E-state index >= 15 is 0 Å². The van der Waals surface area contributed by atoms with Crippen molar-refractivity contribution in [1.29, 1.82) is 0 Å². The second-order valence-corrected chi connectivity index (χ2v) is 4.61. The first kappa shape index (κ1) is 4.98. The number of hydrogen-bond acceptors (Lipinski definition) is 4. The van der Waals surface area contributed by atoms with Crippen LogP contribution in [0.2, 0.25) is 0 Å². The number of carbonyl (C=O) groups excluding carboxylic acids is 1. The molecule has 2 aliphatic heterocycles. The third-order valence-corrected chi connectivity index (χ3v) is 3.24. The Balaban J connectivity index is 2.60. The van der Waals surface area contributed by atoms with Gasteiger partial charge in [-0.3, -0.25) is 9.69 Å². The molecule has 1 aromatic carbocycles. The van der Waals surface area contributed by atoms with E-state index < -0.39 is 85.4 Å². The summed E-state index contributed by atoms with van der Waals surface area (Å²) in [6.07, 6.45) is -12.2. The number of methoxy groups -OCH3 is 2. The van der Waals surface area contributed by atoms with Crippen molar-refractivity contribution in [2.24, 2.45) is 11.8 Å². The highest BCUT2D eigenvalue weighted by Gasteiger charge is 2.38. The first-order chi connectivity index (χ1) is 18.4. The monoisotopic (exact) mass is 336 g/mol. The van der Waals surface area contributed by atoms with Crippen molar-refractivity contribution in [3.05, 3.63) is 23.3 Å². The number of nitrogens with zero attached hydrogens (tertiary/aromatic N) is 1. The van der Waals surface area contributed by atoms with E-state index in [1.54, 1.807) is 0 Å². The molecule has 0 radical (unpaired) electrons. The summed E-state index contributed by atoms with van der Waals surface area (Å²) in [5.74, 6) is -12.1. The molecule has 1 fully saturated rings. The average molecular weight is 337 g/mol. The lowest BCUT2D eigenvalue weighted by molar-refractivity contribution is -0.129. The van der Waals surface area contributed by atoms with E-state index in [1.165, 1.54) is 0 Å². The highest BCUT2D eigenvalue weighted by molar-refractivity contribution is 5.83. The van der Waals surface area contributed by atoms with Gasteiger partial charge in [0.15, 0.2) is 11.5 Å². The molecule has 0 spiro atoms. The maximum absolute atomic E-state index is 13.9. The Labute approximate surface area is 165 Å². The highest BCUT2D eigenvalue weighted by Crippen LogP contribution is 2.42. The van der Waals surface area contributed by atoms with Gasteiger partial charge in [-0.15, -0.1) is 0 Å². The molecule has 0 saturated carbocycles. The highest BCUT2D eigenvalue weighted by atomic mass is 16.5. The molecule has 126 valence electrons. The van der Waals surface area contributed by atoms with Crippen molar-refractivity contribution in [2.45, 2.75) is 38.8 Å². The number of fused-ring (bicyclic) bond motifs is 3. The van der Waals surface area contributed by atoms with Gasteiger partial charge >= 0.3 is 0 Å². The fraction of sp³-hybridized carbons (Fsp3) is 0.632. The number of carbonyl (C=O) groups is 1. The lowest BCUT2D eigenvalue weighted by atomic mass is 9.80. The minimum atomic E-state index is -4.67. The predicted octanol–water partition coefficient (Wildman–Crippen LogP) is 3.24. The van der Waals surface area contributed by atoms with Gasteiger partial charge in [0, 0.05) is 56.0 Å². The van der Waals surface area contributed by atoms with Crippen LogP contribution in [0.25, 0.3) is 0 Å². The Hall–Kier alpha value is -1.55. The summed E-state index contributed by atoms with van der Waals surface area (Å²) in [5.41, 5.74) is -1.67. The molecule has 0 N–H and O–H groups in total. The third-order valence-electron chi connectivity index (χ3n) is 3.24. The predicted molar refractivity (Wildman–Crippen MR) is 90.1 cm³/mol. The lowest BCUT2D eigenvalue weighted by Crippen LogP contribution is -2.46. The van der Waals surface area contributed by atoms with Gasteiger partial charge in [0.2, 0.25) is 0 Å². The van der Waals surface area contributed by atoms with Crippen molar-refractivity contribution in [3.8, 4) is 11.5 Å².